The van der Waals surface area contributed by atoms with Crippen LogP contribution in [0.1, 0.15) is 42.3 Å². The van der Waals surface area contributed by atoms with Gasteiger partial charge in [-0.25, -0.2) is 4.39 Å². The molecule has 1 aromatic carbocycles. The van der Waals surface area contributed by atoms with Crippen molar-refractivity contribution >= 4 is 23.3 Å². The highest BCUT2D eigenvalue weighted by molar-refractivity contribution is 6.30. The molecule has 3 aliphatic carbocycles. The molecule has 3 saturated carbocycles. The Kier molecular flexibility index (Phi) is 4.18. The van der Waals surface area contributed by atoms with Crippen molar-refractivity contribution in [3.8, 4) is 5.75 Å². The van der Waals surface area contributed by atoms with Crippen molar-refractivity contribution < 1.29 is 23.1 Å². The molecule has 7 nitrogen and oxygen atoms in total. The van der Waals surface area contributed by atoms with Gasteiger partial charge in [-0.2, -0.15) is 0 Å². The van der Waals surface area contributed by atoms with Crippen LogP contribution < -0.4 is 10.1 Å². The Bertz CT molecular complexity index is 909. The first kappa shape index (κ1) is 17.9. The van der Waals surface area contributed by atoms with E-state index in [1.165, 1.54) is 12.1 Å². The monoisotopic (exact) mass is 393 g/mol. The second-order valence-electron chi connectivity index (χ2n) is 7.45. The van der Waals surface area contributed by atoms with Gasteiger partial charge < -0.3 is 14.5 Å². The number of aryl methyl sites for hydroxylation is 1. The first-order valence-corrected chi connectivity index (χ1v) is 8.88. The molecule has 2 aromatic rings. The molecule has 0 radical (unpaired) electrons. The van der Waals surface area contributed by atoms with Crippen LogP contribution in [0.3, 0.4) is 0 Å². The molecule has 27 heavy (non-hydrogen) atoms. The number of hydrogen-bond donors (Lipinski definition) is 1. The fourth-order valence-corrected chi connectivity index (χ4v) is 4.31. The first-order chi connectivity index (χ1) is 12.8. The highest BCUT2D eigenvalue weighted by Gasteiger charge is 2.68. The van der Waals surface area contributed by atoms with Crippen molar-refractivity contribution in [1.82, 2.24) is 15.5 Å². The predicted octanol–water partition coefficient (Wildman–Crippen LogP) is 2.86. The summed E-state index contributed by atoms with van der Waals surface area (Å²) < 4.78 is 23.8. The highest BCUT2D eigenvalue weighted by Crippen LogP contribution is 2.69. The third-order valence-electron chi connectivity index (χ3n) is 5.11. The Balaban J connectivity index is 1.23. The second kappa shape index (κ2) is 6.30. The summed E-state index contributed by atoms with van der Waals surface area (Å²) in [7, 11) is 0. The van der Waals surface area contributed by atoms with Crippen LogP contribution in [-0.2, 0) is 4.79 Å². The molecule has 0 aliphatic heterocycles. The molecule has 1 amide bonds. The molecule has 0 unspecified atom stereocenters. The van der Waals surface area contributed by atoms with Gasteiger partial charge in [0.25, 0.3) is 11.8 Å². The molecule has 1 aromatic heterocycles. The predicted molar refractivity (Wildman–Crippen MR) is 92.0 cm³/mol. The van der Waals surface area contributed by atoms with E-state index in [0.717, 1.165) is 25.3 Å². The Morgan fingerprint density at radius 3 is 2.70 bits per heavy atom. The van der Waals surface area contributed by atoms with Gasteiger partial charge in [-0.3, -0.25) is 9.59 Å². The van der Waals surface area contributed by atoms with Gasteiger partial charge in [0.1, 0.15) is 11.6 Å². The van der Waals surface area contributed by atoms with Gasteiger partial charge in [0.05, 0.1) is 5.02 Å². The largest absolute Gasteiger partial charge is 0.484 e. The number of benzene rings is 1. The summed E-state index contributed by atoms with van der Waals surface area (Å²) in [4.78, 5) is 24.3. The number of aromatic nitrogens is 2. The van der Waals surface area contributed by atoms with Gasteiger partial charge in [0.15, 0.2) is 6.61 Å². The summed E-state index contributed by atoms with van der Waals surface area (Å²) in [6, 6.07) is 4.01. The number of ketones is 1. The van der Waals surface area contributed by atoms with Crippen LogP contribution in [-0.4, -0.2) is 34.0 Å². The molecule has 0 saturated heterocycles. The maximum atomic E-state index is 13.4. The van der Waals surface area contributed by atoms with Crippen LogP contribution in [0.4, 0.5) is 4.39 Å². The van der Waals surface area contributed by atoms with Gasteiger partial charge in [-0.1, -0.05) is 11.6 Å². The topological polar surface area (TPSA) is 94.3 Å². The maximum absolute atomic E-state index is 13.4. The van der Waals surface area contributed by atoms with Crippen molar-refractivity contribution in [1.29, 1.82) is 0 Å². The molecule has 3 fully saturated rings. The lowest BCUT2D eigenvalue weighted by Gasteiger charge is -2.70. The minimum Gasteiger partial charge on any atom is -0.484 e. The number of amides is 1. The number of carbonyl (C=O) groups is 2. The number of ether oxygens (including phenoxy) is 1. The molecule has 5 rings (SSSR count). The van der Waals surface area contributed by atoms with E-state index in [2.05, 4.69) is 15.5 Å². The molecular weight excluding hydrogens is 377 g/mol. The number of nitrogens with one attached hydrogen (secondary N) is 1. The van der Waals surface area contributed by atoms with Crippen LogP contribution in [0, 0.1) is 18.2 Å². The van der Waals surface area contributed by atoms with Crippen LogP contribution in [0.5, 0.6) is 5.75 Å². The zero-order valence-corrected chi connectivity index (χ0v) is 15.3. The molecule has 142 valence electrons. The van der Waals surface area contributed by atoms with E-state index in [1.807, 2.05) is 0 Å². The Morgan fingerprint density at radius 1 is 1.33 bits per heavy atom. The van der Waals surface area contributed by atoms with Crippen molar-refractivity contribution in [3.05, 3.63) is 40.8 Å². The standard InChI is InChI=1S/C18H17ClFN3O4/c1-10-22-23-16(27-10)14(24)5-17-7-18(8-17,9-17)21-15(25)6-26-11-2-3-12(19)13(20)4-11/h2-4H,5-9H2,1H3,(H,21,25). The number of hydrogen-bond acceptors (Lipinski definition) is 6. The molecule has 9 heteroatoms. The zero-order chi connectivity index (χ0) is 19.2. The van der Waals surface area contributed by atoms with Crippen LogP contribution in [0.2, 0.25) is 5.02 Å². The lowest BCUT2D eigenvalue weighted by Crippen LogP contribution is -2.75. The van der Waals surface area contributed by atoms with Crippen molar-refractivity contribution in [2.75, 3.05) is 6.61 Å². The summed E-state index contributed by atoms with van der Waals surface area (Å²) in [6.07, 6.45) is 2.55. The van der Waals surface area contributed by atoms with E-state index >= 15 is 0 Å². The number of Topliss-reactive ketones (excluding diaryl/α,β-unsaturated/α-hetero) is 1. The fourth-order valence-electron chi connectivity index (χ4n) is 4.19. The van der Waals surface area contributed by atoms with Gasteiger partial charge in [0.2, 0.25) is 11.7 Å². The average molecular weight is 394 g/mol. The Morgan fingerprint density at radius 2 is 2.07 bits per heavy atom. The summed E-state index contributed by atoms with van der Waals surface area (Å²) in [6.45, 7) is 1.42. The van der Waals surface area contributed by atoms with Gasteiger partial charge in [-0.15, -0.1) is 10.2 Å². The minimum atomic E-state index is -0.600. The van der Waals surface area contributed by atoms with E-state index in [-0.39, 0.29) is 45.9 Å². The van der Waals surface area contributed by atoms with E-state index in [9.17, 15) is 14.0 Å². The summed E-state index contributed by atoms with van der Waals surface area (Å²) >= 11 is 5.60. The van der Waals surface area contributed by atoms with Crippen molar-refractivity contribution in [3.63, 3.8) is 0 Å². The fraction of sp³-hybridized carbons (Fsp3) is 0.444. The normalized spacial score (nSPS) is 25.3. The van der Waals surface area contributed by atoms with E-state index < -0.39 is 5.82 Å². The number of rotatable bonds is 7. The average Bonchev–Trinajstić information content (AvgIpc) is 2.99. The Hall–Kier alpha value is -2.48. The SMILES string of the molecule is Cc1nnc(C(=O)CC23CC(NC(=O)COc4ccc(Cl)c(F)c4)(C2)C3)o1. The molecule has 3 aliphatic rings. The quantitative estimate of drug-likeness (QED) is 0.727. The van der Waals surface area contributed by atoms with Crippen LogP contribution >= 0.6 is 11.6 Å². The molecule has 1 N–H and O–H groups in total. The molecule has 0 spiro atoms. The molecule has 0 atom stereocenters. The van der Waals surface area contributed by atoms with Crippen molar-refractivity contribution in [2.24, 2.45) is 5.41 Å². The summed E-state index contributed by atoms with van der Waals surface area (Å²) in [5.74, 6) is -0.404. The molecule has 2 bridgehead atoms. The van der Waals surface area contributed by atoms with Crippen molar-refractivity contribution in [2.45, 2.75) is 38.1 Å². The van der Waals surface area contributed by atoms with E-state index in [1.54, 1.807) is 6.92 Å². The minimum absolute atomic E-state index is 0.00352. The van der Waals surface area contributed by atoms with Gasteiger partial charge >= 0.3 is 0 Å². The van der Waals surface area contributed by atoms with Crippen LogP contribution in [0.25, 0.3) is 0 Å². The second-order valence-corrected chi connectivity index (χ2v) is 7.86. The summed E-state index contributed by atoms with van der Waals surface area (Å²) in [5, 5.41) is 10.4. The third kappa shape index (κ3) is 3.41. The van der Waals surface area contributed by atoms with E-state index in [0.29, 0.717) is 12.3 Å². The molecular formula is C18H17ClFN3O4. The lowest BCUT2D eigenvalue weighted by atomic mass is 9.38. The molecule has 1 heterocycles. The number of nitrogens with zero attached hydrogens (tertiary/aromatic N) is 2. The maximum Gasteiger partial charge on any atom is 0.283 e. The first-order valence-electron chi connectivity index (χ1n) is 8.50. The smallest absolute Gasteiger partial charge is 0.283 e. The van der Waals surface area contributed by atoms with Gasteiger partial charge in [0, 0.05) is 24.9 Å². The van der Waals surface area contributed by atoms with E-state index in [4.69, 9.17) is 20.8 Å². The van der Waals surface area contributed by atoms with Crippen LogP contribution in [0.15, 0.2) is 22.6 Å². The lowest BCUT2D eigenvalue weighted by molar-refractivity contribution is -0.164. The van der Waals surface area contributed by atoms with Gasteiger partial charge in [-0.05, 0) is 36.8 Å². The highest BCUT2D eigenvalue weighted by atomic mass is 35.5. The Labute approximate surface area is 159 Å². The number of carbonyl (C=O) groups excluding carboxylic acids is 2. The zero-order valence-electron chi connectivity index (χ0n) is 14.6. The summed E-state index contributed by atoms with van der Waals surface area (Å²) in [5.41, 5.74) is -0.358. The number of halogens is 2. The third-order valence-corrected chi connectivity index (χ3v) is 5.41.